The zero-order chi connectivity index (χ0) is 14.7. The zero-order valence-electron chi connectivity index (χ0n) is 11.9. The van der Waals surface area contributed by atoms with Crippen LogP contribution in [0.3, 0.4) is 0 Å². The molecule has 0 aliphatic carbocycles. The standard InChI is InChI=1S/C17H17ClN2S/c1-19-11-13-9-14(18)10-15-17(13)20-16(21-15)8-7-12-5-3-2-4-6-12/h2-6,9-10,19H,7-8,11H2,1H3. The van der Waals surface area contributed by atoms with Crippen LogP contribution in [-0.4, -0.2) is 12.0 Å². The molecule has 0 bridgehead atoms. The van der Waals surface area contributed by atoms with Crippen molar-refractivity contribution >= 4 is 33.2 Å². The molecule has 1 heterocycles. The average molecular weight is 317 g/mol. The molecule has 21 heavy (non-hydrogen) atoms. The Balaban J connectivity index is 1.85. The molecule has 1 N–H and O–H groups in total. The molecular formula is C17H17ClN2S. The van der Waals surface area contributed by atoms with Crippen molar-refractivity contribution in [1.82, 2.24) is 10.3 Å². The maximum atomic E-state index is 6.19. The first kappa shape index (κ1) is 14.5. The van der Waals surface area contributed by atoms with Crippen molar-refractivity contribution in [3.8, 4) is 0 Å². The minimum atomic E-state index is 0.783. The average Bonchev–Trinajstić information content (AvgIpc) is 2.89. The third-order valence-electron chi connectivity index (χ3n) is 3.42. The summed E-state index contributed by atoms with van der Waals surface area (Å²) in [6.45, 7) is 0.791. The molecule has 0 spiro atoms. The Morgan fingerprint density at radius 2 is 1.95 bits per heavy atom. The lowest BCUT2D eigenvalue weighted by Crippen LogP contribution is -2.05. The van der Waals surface area contributed by atoms with Crippen LogP contribution in [0.2, 0.25) is 5.02 Å². The number of thiazole rings is 1. The Morgan fingerprint density at radius 3 is 2.71 bits per heavy atom. The van der Waals surface area contributed by atoms with Crippen LogP contribution in [0.5, 0.6) is 0 Å². The van der Waals surface area contributed by atoms with Gasteiger partial charge in [-0.3, -0.25) is 0 Å². The third kappa shape index (κ3) is 3.43. The van der Waals surface area contributed by atoms with Crippen LogP contribution in [-0.2, 0) is 19.4 Å². The molecule has 0 atom stereocenters. The number of halogens is 1. The summed E-state index contributed by atoms with van der Waals surface area (Å²) in [5.74, 6) is 0. The summed E-state index contributed by atoms with van der Waals surface area (Å²) in [6.07, 6.45) is 2.00. The molecule has 0 fully saturated rings. The Hall–Kier alpha value is -1.42. The topological polar surface area (TPSA) is 24.9 Å². The lowest BCUT2D eigenvalue weighted by Gasteiger charge is -2.01. The fourth-order valence-corrected chi connectivity index (χ4v) is 3.80. The van der Waals surface area contributed by atoms with Gasteiger partial charge >= 0.3 is 0 Å². The number of nitrogens with one attached hydrogen (secondary N) is 1. The monoisotopic (exact) mass is 316 g/mol. The summed E-state index contributed by atoms with van der Waals surface area (Å²) in [5, 5.41) is 5.13. The largest absolute Gasteiger partial charge is 0.316 e. The van der Waals surface area contributed by atoms with Crippen molar-refractivity contribution in [1.29, 1.82) is 0 Å². The van der Waals surface area contributed by atoms with Crippen LogP contribution in [0.4, 0.5) is 0 Å². The zero-order valence-corrected chi connectivity index (χ0v) is 13.5. The smallest absolute Gasteiger partial charge is 0.0942 e. The van der Waals surface area contributed by atoms with Crippen LogP contribution in [0, 0.1) is 0 Å². The van der Waals surface area contributed by atoms with Gasteiger partial charge in [-0.2, -0.15) is 0 Å². The van der Waals surface area contributed by atoms with Crippen LogP contribution in [0.15, 0.2) is 42.5 Å². The van der Waals surface area contributed by atoms with E-state index in [2.05, 4.69) is 29.6 Å². The molecule has 4 heteroatoms. The Kier molecular flexibility index (Phi) is 4.54. The van der Waals surface area contributed by atoms with Crippen molar-refractivity contribution in [3.05, 3.63) is 63.6 Å². The SMILES string of the molecule is CNCc1cc(Cl)cc2sc(CCc3ccccc3)nc12. The number of rotatable bonds is 5. The first-order valence-corrected chi connectivity index (χ1v) is 8.22. The van der Waals surface area contributed by atoms with Gasteiger partial charge in [-0.1, -0.05) is 41.9 Å². The Labute approximate surface area is 133 Å². The fraction of sp³-hybridized carbons (Fsp3) is 0.235. The predicted octanol–water partition coefficient (Wildman–Crippen LogP) is 4.45. The van der Waals surface area contributed by atoms with E-state index in [0.29, 0.717) is 0 Å². The van der Waals surface area contributed by atoms with Gasteiger partial charge in [-0.25, -0.2) is 4.98 Å². The summed E-state index contributed by atoms with van der Waals surface area (Å²) in [5.41, 5.74) is 3.61. The minimum absolute atomic E-state index is 0.783. The number of hydrogen-bond donors (Lipinski definition) is 1. The van der Waals surface area contributed by atoms with E-state index in [1.165, 1.54) is 20.8 Å². The molecule has 2 nitrogen and oxygen atoms in total. The number of aromatic nitrogens is 1. The molecule has 0 saturated carbocycles. The Bertz CT molecular complexity index is 737. The van der Waals surface area contributed by atoms with Crippen molar-refractivity contribution < 1.29 is 0 Å². The second-order valence-electron chi connectivity index (χ2n) is 5.04. The van der Waals surface area contributed by atoms with Crippen molar-refractivity contribution in [3.63, 3.8) is 0 Å². The lowest BCUT2D eigenvalue weighted by atomic mass is 10.1. The number of nitrogens with zero attached hydrogens (tertiary/aromatic N) is 1. The summed E-state index contributed by atoms with van der Waals surface area (Å²) >= 11 is 7.94. The van der Waals surface area contributed by atoms with Crippen LogP contribution in [0.1, 0.15) is 16.1 Å². The van der Waals surface area contributed by atoms with Crippen molar-refractivity contribution in [2.45, 2.75) is 19.4 Å². The van der Waals surface area contributed by atoms with Crippen molar-refractivity contribution in [2.24, 2.45) is 0 Å². The van der Waals surface area contributed by atoms with E-state index in [-0.39, 0.29) is 0 Å². The highest BCUT2D eigenvalue weighted by Gasteiger charge is 2.09. The summed E-state index contributed by atoms with van der Waals surface area (Å²) in [4.78, 5) is 4.81. The molecular weight excluding hydrogens is 300 g/mol. The van der Waals surface area contributed by atoms with E-state index in [4.69, 9.17) is 16.6 Å². The molecule has 0 aliphatic rings. The number of hydrogen-bond acceptors (Lipinski definition) is 3. The summed E-state index contributed by atoms with van der Waals surface area (Å²) in [7, 11) is 1.94. The van der Waals surface area contributed by atoms with Gasteiger partial charge in [0.05, 0.1) is 15.2 Å². The fourth-order valence-electron chi connectivity index (χ4n) is 2.44. The highest BCUT2D eigenvalue weighted by molar-refractivity contribution is 7.18. The lowest BCUT2D eigenvalue weighted by molar-refractivity contribution is 0.821. The molecule has 108 valence electrons. The van der Waals surface area contributed by atoms with Crippen LogP contribution in [0.25, 0.3) is 10.2 Å². The normalized spacial score (nSPS) is 11.1. The van der Waals surface area contributed by atoms with Gasteiger partial charge in [0.15, 0.2) is 0 Å². The molecule has 3 rings (SSSR count). The van der Waals surface area contributed by atoms with Crippen LogP contribution >= 0.6 is 22.9 Å². The van der Waals surface area contributed by atoms with Gasteiger partial charge in [0.1, 0.15) is 0 Å². The molecule has 1 aromatic heterocycles. The van der Waals surface area contributed by atoms with Gasteiger partial charge < -0.3 is 5.32 Å². The van der Waals surface area contributed by atoms with Gasteiger partial charge in [-0.05, 0) is 36.7 Å². The van der Waals surface area contributed by atoms with Gasteiger partial charge in [0.2, 0.25) is 0 Å². The van der Waals surface area contributed by atoms with Gasteiger partial charge in [0.25, 0.3) is 0 Å². The van der Waals surface area contributed by atoms with E-state index in [9.17, 15) is 0 Å². The van der Waals surface area contributed by atoms with E-state index in [1.807, 2.05) is 25.2 Å². The molecule has 0 unspecified atom stereocenters. The van der Waals surface area contributed by atoms with Crippen LogP contribution < -0.4 is 5.32 Å². The summed E-state index contributed by atoms with van der Waals surface area (Å²) < 4.78 is 1.18. The third-order valence-corrected chi connectivity index (χ3v) is 4.70. The maximum absolute atomic E-state index is 6.19. The van der Waals surface area contributed by atoms with E-state index in [1.54, 1.807) is 11.3 Å². The maximum Gasteiger partial charge on any atom is 0.0942 e. The van der Waals surface area contributed by atoms with Gasteiger partial charge in [-0.15, -0.1) is 11.3 Å². The first-order valence-electron chi connectivity index (χ1n) is 7.02. The molecule has 0 amide bonds. The van der Waals surface area contributed by atoms with E-state index in [0.717, 1.165) is 29.9 Å². The number of benzene rings is 2. The molecule has 0 radical (unpaired) electrons. The second-order valence-corrected chi connectivity index (χ2v) is 6.59. The van der Waals surface area contributed by atoms with E-state index < -0.39 is 0 Å². The highest BCUT2D eigenvalue weighted by Crippen LogP contribution is 2.29. The Morgan fingerprint density at radius 1 is 1.14 bits per heavy atom. The predicted molar refractivity (Wildman–Crippen MR) is 91.2 cm³/mol. The van der Waals surface area contributed by atoms with Gasteiger partial charge in [0, 0.05) is 18.0 Å². The van der Waals surface area contributed by atoms with Crippen molar-refractivity contribution in [2.75, 3.05) is 7.05 Å². The quantitative estimate of drug-likeness (QED) is 0.752. The molecule has 3 aromatic rings. The minimum Gasteiger partial charge on any atom is -0.316 e. The first-order chi connectivity index (χ1) is 10.3. The molecule has 0 saturated heterocycles. The number of aryl methyl sites for hydroxylation is 2. The number of fused-ring (bicyclic) bond motifs is 1. The van der Waals surface area contributed by atoms with E-state index >= 15 is 0 Å². The molecule has 2 aromatic carbocycles. The highest BCUT2D eigenvalue weighted by atomic mass is 35.5. The second kappa shape index (κ2) is 6.56. The summed E-state index contributed by atoms with van der Waals surface area (Å²) in [6, 6.07) is 14.6. The molecule has 0 aliphatic heterocycles.